The summed E-state index contributed by atoms with van der Waals surface area (Å²) in [6, 6.07) is 11.6. The number of benzene rings is 1. The van der Waals surface area contributed by atoms with Crippen LogP contribution in [0.15, 0.2) is 47.8 Å². The van der Waals surface area contributed by atoms with E-state index in [0.29, 0.717) is 13.2 Å². The molecule has 0 spiro atoms. The van der Waals surface area contributed by atoms with Crippen LogP contribution in [0.3, 0.4) is 0 Å². The molecule has 0 saturated carbocycles. The van der Waals surface area contributed by atoms with Crippen molar-refractivity contribution in [2.45, 2.75) is 76.8 Å². The molecule has 35 heavy (non-hydrogen) atoms. The smallest absolute Gasteiger partial charge is 0.311 e. The molecule has 2 heterocycles. The van der Waals surface area contributed by atoms with E-state index in [2.05, 4.69) is 21.9 Å². The molecular formula is C27H37N3O4S. The average Bonchev–Trinajstić information content (AvgIpc) is 3.26. The van der Waals surface area contributed by atoms with E-state index in [-0.39, 0.29) is 11.4 Å². The minimum Gasteiger partial charge on any atom is -0.494 e. The number of nitrogens with zero attached hydrogens (tertiary/aromatic N) is 2. The Bertz CT molecular complexity index is 1020. The summed E-state index contributed by atoms with van der Waals surface area (Å²) in [5.41, 5.74) is 1.13. The first-order valence-electron chi connectivity index (χ1n) is 12.5. The molecule has 0 bridgehead atoms. The zero-order valence-corrected chi connectivity index (χ0v) is 22.0. The normalized spacial score (nSPS) is 12.5. The van der Waals surface area contributed by atoms with Gasteiger partial charge in [0, 0.05) is 6.20 Å². The van der Waals surface area contributed by atoms with Crippen LogP contribution in [0.5, 0.6) is 11.5 Å². The number of hydrogen-bond donors (Lipinski definition) is 1. The van der Waals surface area contributed by atoms with Gasteiger partial charge in [0.15, 0.2) is 16.2 Å². The van der Waals surface area contributed by atoms with Gasteiger partial charge in [0.25, 0.3) is 0 Å². The number of nitrogens with one attached hydrogen (secondary N) is 1. The summed E-state index contributed by atoms with van der Waals surface area (Å²) in [6.07, 6.45) is 7.41. The molecule has 0 fully saturated rings. The summed E-state index contributed by atoms with van der Waals surface area (Å²) in [5, 5.41) is 0.811. The number of ether oxygens (including phenoxy) is 3. The number of imidazole rings is 1. The second-order valence-corrected chi connectivity index (χ2v) is 10.3. The number of carbonyl (C=O) groups is 1. The van der Waals surface area contributed by atoms with Crippen LogP contribution in [0.25, 0.3) is 11.2 Å². The molecule has 3 aromatic rings. The highest BCUT2D eigenvalue weighted by molar-refractivity contribution is 7.99. The lowest BCUT2D eigenvalue weighted by atomic mass is 9.87. The Kier molecular flexibility index (Phi) is 10.3. The second-order valence-electron chi connectivity index (χ2n) is 9.11. The zero-order chi connectivity index (χ0) is 25.1. The van der Waals surface area contributed by atoms with Crippen LogP contribution in [-0.2, 0) is 9.53 Å². The zero-order valence-electron chi connectivity index (χ0n) is 21.2. The lowest BCUT2D eigenvalue weighted by Gasteiger charge is -2.22. The monoisotopic (exact) mass is 499 g/mol. The lowest BCUT2D eigenvalue weighted by Crippen LogP contribution is -2.26. The third-order valence-electron chi connectivity index (χ3n) is 5.66. The number of hydrogen-bond acceptors (Lipinski definition) is 7. The van der Waals surface area contributed by atoms with Crippen LogP contribution in [0.2, 0.25) is 0 Å². The van der Waals surface area contributed by atoms with Crippen LogP contribution >= 0.6 is 11.8 Å². The summed E-state index contributed by atoms with van der Waals surface area (Å²) < 4.78 is 17.3. The van der Waals surface area contributed by atoms with Gasteiger partial charge in [0.2, 0.25) is 0 Å². The molecule has 0 aliphatic rings. The van der Waals surface area contributed by atoms with E-state index in [1.54, 1.807) is 18.0 Å². The third kappa shape index (κ3) is 8.46. The highest BCUT2D eigenvalue weighted by Crippen LogP contribution is 2.30. The van der Waals surface area contributed by atoms with Gasteiger partial charge in [-0.2, -0.15) is 0 Å². The molecule has 2 aromatic heterocycles. The quantitative estimate of drug-likeness (QED) is 0.107. The van der Waals surface area contributed by atoms with E-state index < -0.39 is 5.41 Å². The van der Waals surface area contributed by atoms with Gasteiger partial charge in [-0.15, -0.1) is 0 Å². The maximum Gasteiger partial charge on any atom is 0.311 e. The van der Waals surface area contributed by atoms with Crippen molar-refractivity contribution in [1.29, 1.82) is 0 Å². The molecule has 0 amide bonds. The summed E-state index contributed by atoms with van der Waals surface area (Å²) in [6.45, 7) is 8.90. The molecule has 1 aromatic carbocycles. The highest BCUT2D eigenvalue weighted by atomic mass is 32.2. The molecule has 7 nitrogen and oxygen atoms in total. The Balaban J connectivity index is 1.46. The van der Waals surface area contributed by atoms with Crippen molar-refractivity contribution in [2.75, 3.05) is 13.2 Å². The minimum atomic E-state index is -0.458. The van der Waals surface area contributed by atoms with Crippen molar-refractivity contribution >= 4 is 28.9 Å². The third-order valence-corrected chi connectivity index (χ3v) is 6.67. The van der Waals surface area contributed by atoms with Crippen LogP contribution in [-0.4, -0.2) is 39.6 Å². The average molecular weight is 500 g/mol. The molecular weight excluding hydrogens is 462 g/mol. The summed E-state index contributed by atoms with van der Waals surface area (Å²) in [7, 11) is 0. The number of aromatic amines is 1. The number of fused-ring (bicyclic) bond motifs is 1. The summed E-state index contributed by atoms with van der Waals surface area (Å²) >= 11 is 1.59. The Hall–Kier alpha value is -2.74. The van der Waals surface area contributed by atoms with Crippen molar-refractivity contribution < 1.29 is 19.0 Å². The van der Waals surface area contributed by atoms with Gasteiger partial charge >= 0.3 is 5.97 Å². The molecule has 8 heteroatoms. The first kappa shape index (κ1) is 26.9. The van der Waals surface area contributed by atoms with E-state index in [4.69, 9.17) is 14.2 Å². The Morgan fingerprint density at radius 2 is 1.86 bits per heavy atom. The first-order valence-corrected chi connectivity index (χ1v) is 13.3. The SMILES string of the molecule is CCCCC(Oc1ccc(OCCCCC(C)(C)C(=O)OCC)cc1)Sc1nc2ncccc2[nH]1. The number of pyridine rings is 1. The van der Waals surface area contributed by atoms with Crippen molar-refractivity contribution in [3.8, 4) is 11.5 Å². The van der Waals surface area contributed by atoms with Gasteiger partial charge in [0.05, 0.1) is 24.1 Å². The predicted molar refractivity (Wildman–Crippen MR) is 140 cm³/mol. The van der Waals surface area contributed by atoms with Gasteiger partial charge in [-0.3, -0.25) is 4.79 Å². The molecule has 0 saturated heterocycles. The first-order chi connectivity index (χ1) is 16.9. The molecule has 3 rings (SSSR count). The Labute approximate surface area is 212 Å². The van der Waals surface area contributed by atoms with E-state index in [0.717, 1.165) is 66.3 Å². The van der Waals surface area contributed by atoms with E-state index >= 15 is 0 Å². The highest BCUT2D eigenvalue weighted by Gasteiger charge is 2.28. The maximum atomic E-state index is 12.0. The molecule has 0 aliphatic carbocycles. The molecule has 190 valence electrons. The number of thioether (sulfide) groups is 1. The van der Waals surface area contributed by atoms with Gasteiger partial charge in [-0.25, -0.2) is 9.97 Å². The molecule has 1 N–H and O–H groups in total. The van der Waals surface area contributed by atoms with Crippen molar-refractivity contribution in [3.05, 3.63) is 42.6 Å². The summed E-state index contributed by atoms with van der Waals surface area (Å²) in [5.74, 6) is 1.48. The number of aromatic nitrogens is 3. The number of H-pyrrole nitrogens is 1. The van der Waals surface area contributed by atoms with Crippen molar-refractivity contribution in [1.82, 2.24) is 15.0 Å². The molecule has 1 atom stereocenters. The van der Waals surface area contributed by atoms with Crippen LogP contribution in [0.1, 0.15) is 66.2 Å². The number of rotatable bonds is 15. The van der Waals surface area contributed by atoms with Crippen LogP contribution in [0.4, 0.5) is 0 Å². The van der Waals surface area contributed by atoms with E-state index in [1.807, 2.05) is 57.2 Å². The standard InChI is InChI=1S/C27H37N3O4S/c1-5-7-12-23(35-26-29-22-11-10-18-28-24(22)30-26)34-21-15-13-20(14-16-21)33-19-9-8-17-27(3,4)25(31)32-6-2/h10-11,13-16,18,23H,5-9,12,17,19H2,1-4H3,(H,28,29,30). The fourth-order valence-electron chi connectivity index (χ4n) is 3.57. The molecule has 1 unspecified atom stereocenters. The molecule has 0 aliphatic heterocycles. The van der Waals surface area contributed by atoms with Crippen molar-refractivity contribution in [2.24, 2.45) is 5.41 Å². The number of esters is 1. The van der Waals surface area contributed by atoms with Crippen molar-refractivity contribution in [3.63, 3.8) is 0 Å². The lowest BCUT2D eigenvalue weighted by molar-refractivity contribution is -0.153. The minimum absolute atomic E-state index is 0.0509. The second kappa shape index (κ2) is 13.4. The van der Waals surface area contributed by atoms with Crippen LogP contribution in [0, 0.1) is 5.41 Å². The van der Waals surface area contributed by atoms with Gasteiger partial charge in [-0.1, -0.05) is 13.3 Å². The Morgan fingerprint density at radius 3 is 2.57 bits per heavy atom. The van der Waals surface area contributed by atoms with Gasteiger partial charge in [-0.05, 0) is 101 Å². The number of carbonyl (C=O) groups excluding carboxylic acids is 1. The molecule has 0 radical (unpaired) electrons. The number of unbranched alkanes of at least 4 members (excludes halogenated alkanes) is 2. The fourth-order valence-corrected chi connectivity index (χ4v) is 4.57. The maximum absolute atomic E-state index is 12.0. The van der Waals surface area contributed by atoms with E-state index in [9.17, 15) is 4.79 Å². The Morgan fingerprint density at radius 1 is 1.09 bits per heavy atom. The summed E-state index contributed by atoms with van der Waals surface area (Å²) in [4.78, 5) is 24.2. The largest absolute Gasteiger partial charge is 0.494 e. The van der Waals surface area contributed by atoms with Crippen LogP contribution < -0.4 is 9.47 Å². The van der Waals surface area contributed by atoms with Gasteiger partial charge < -0.3 is 19.2 Å². The fraction of sp³-hybridized carbons (Fsp3) is 0.519. The van der Waals surface area contributed by atoms with E-state index in [1.165, 1.54) is 0 Å². The topological polar surface area (TPSA) is 86.3 Å². The van der Waals surface area contributed by atoms with Gasteiger partial charge in [0.1, 0.15) is 11.5 Å². The predicted octanol–water partition coefficient (Wildman–Crippen LogP) is 6.78.